The van der Waals surface area contributed by atoms with E-state index in [2.05, 4.69) is 35.9 Å². The minimum Gasteiger partial charge on any atom is -0.360 e. The average Bonchev–Trinajstić information content (AvgIpc) is 3.33. The SMILES string of the molecule is C[Si](C)CCOCn1nc(/C=C/c2ccccc2)c2ccc(Nc3ccc(F)c(NC(=O)c4ccccc4)c3)cc21. The lowest BCUT2D eigenvalue weighted by Crippen LogP contribution is -2.13. The van der Waals surface area contributed by atoms with Crippen LogP contribution in [0.4, 0.5) is 21.5 Å². The summed E-state index contributed by atoms with van der Waals surface area (Å²) in [5, 5.41) is 11.8. The molecule has 4 aromatic carbocycles. The molecule has 0 unspecified atom stereocenters. The second-order valence-corrected chi connectivity index (χ2v) is 12.9. The van der Waals surface area contributed by atoms with E-state index < -0.39 is 5.82 Å². The van der Waals surface area contributed by atoms with E-state index in [0.29, 0.717) is 24.6 Å². The zero-order valence-corrected chi connectivity index (χ0v) is 24.1. The van der Waals surface area contributed by atoms with E-state index in [0.717, 1.165) is 33.9 Å². The van der Waals surface area contributed by atoms with Gasteiger partial charge in [0.05, 0.1) is 16.9 Å². The van der Waals surface area contributed by atoms with E-state index in [9.17, 15) is 9.18 Å². The Labute approximate surface area is 241 Å². The molecule has 1 aromatic heterocycles. The molecule has 41 heavy (non-hydrogen) atoms. The fourth-order valence-electron chi connectivity index (χ4n) is 4.31. The molecule has 5 aromatic rings. The van der Waals surface area contributed by atoms with Crippen molar-refractivity contribution in [2.24, 2.45) is 0 Å². The van der Waals surface area contributed by atoms with Gasteiger partial charge >= 0.3 is 0 Å². The molecule has 0 saturated heterocycles. The number of carbonyl (C=O) groups excluding carboxylic acids is 1. The summed E-state index contributed by atoms with van der Waals surface area (Å²) in [6, 6.07) is 30.5. The van der Waals surface area contributed by atoms with Crippen molar-refractivity contribution in [3.05, 3.63) is 120 Å². The number of amides is 1. The Bertz CT molecular complexity index is 1650. The lowest BCUT2D eigenvalue weighted by Gasteiger charge is -2.12. The first-order chi connectivity index (χ1) is 20.0. The smallest absolute Gasteiger partial charge is 0.255 e. The summed E-state index contributed by atoms with van der Waals surface area (Å²) >= 11 is 0. The predicted octanol–water partition coefficient (Wildman–Crippen LogP) is 8.07. The molecule has 8 heteroatoms. The Hall–Kier alpha value is -4.53. The van der Waals surface area contributed by atoms with Gasteiger partial charge in [-0.3, -0.25) is 4.79 Å². The molecular weight excluding hydrogens is 531 g/mol. The largest absolute Gasteiger partial charge is 0.360 e. The quantitative estimate of drug-likeness (QED) is 0.126. The number of fused-ring (bicyclic) bond motifs is 1. The highest BCUT2D eigenvalue weighted by Gasteiger charge is 2.13. The monoisotopic (exact) mass is 563 g/mol. The molecule has 2 N–H and O–H groups in total. The standard InChI is InChI=1S/C33H32FN4O2Si/c1-41(2)20-19-40-23-38-32-22-27(14-16-28(32)30(37-38)18-13-24-9-5-3-6-10-24)35-26-15-17-29(34)31(21-26)36-33(39)25-11-7-4-8-12-25/h3-18,21-22,35H,19-20,23H2,1-2H3,(H,36,39)/b18-13+. The number of nitrogens with one attached hydrogen (secondary N) is 2. The van der Waals surface area contributed by atoms with E-state index in [1.54, 1.807) is 36.4 Å². The number of rotatable bonds is 11. The predicted molar refractivity (Wildman–Crippen MR) is 167 cm³/mol. The average molecular weight is 564 g/mol. The van der Waals surface area contributed by atoms with Gasteiger partial charge in [0.15, 0.2) is 0 Å². The first-order valence-corrected chi connectivity index (χ1v) is 16.2. The van der Waals surface area contributed by atoms with Crippen LogP contribution in [0.1, 0.15) is 21.6 Å². The minimum atomic E-state index is -0.510. The van der Waals surface area contributed by atoms with Gasteiger partial charge in [0.2, 0.25) is 0 Å². The molecule has 1 amide bonds. The van der Waals surface area contributed by atoms with Crippen LogP contribution in [0.5, 0.6) is 0 Å². The Balaban J connectivity index is 1.39. The zero-order valence-electron chi connectivity index (χ0n) is 23.1. The third-order valence-electron chi connectivity index (χ3n) is 6.51. The van der Waals surface area contributed by atoms with Crippen LogP contribution in [-0.4, -0.2) is 31.1 Å². The number of nitrogens with zero attached hydrogens (tertiary/aromatic N) is 2. The molecule has 5 rings (SSSR count). The lowest BCUT2D eigenvalue weighted by molar-refractivity contribution is 0.0820. The maximum Gasteiger partial charge on any atom is 0.255 e. The van der Waals surface area contributed by atoms with E-state index in [-0.39, 0.29) is 20.4 Å². The van der Waals surface area contributed by atoms with Crippen LogP contribution < -0.4 is 10.6 Å². The van der Waals surface area contributed by atoms with Gasteiger partial charge in [-0.05, 0) is 66.2 Å². The van der Waals surface area contributed by atoms with Crippen LogP contribution in [0.15, 0.2) is 97.1 Å². The van der Waals surface area contributed by atoms with Crippen molar-refractivity contribution in [1.82, 2.24) is 9.78 Å². The molecule has 6 nitrogen and oxygen atoms in total. The minimum absolute atomic E-state index is 0.101. The van der Waals surface area contributed by atoms with E-state index in [1.807, 2.05) is 59.3 Å². The Morgan fingerprint density at radius 2 is 1.63 bits per heavy atom. The second kappa shape index (κ2) is 13.2. The van der Waals surface area contributed by atoms with Gasteiger partial charge in [0.25, 0.3) is 5.91 Å². The van der Waals surface area contributed by atoms with Gasteiger partial charge in [-0.15, -0.1) is 0 Å². The van der Waals surface area contributed by atoms with Gasteiger partial charge in [-0.25, -0.2) is 9.07 Å². The van der Waals surface area contributed by atoms with Gasteiger partial charge in [-0.2, -0.15) is 5.10 Å². The number of anilines is 3. The van der Waals surface area contributed by atoms with Crippen molar-refractivity contribution in [3.63, 3.8) is 0 Å². The van der Waals surface area contributed by atoms with Crippen LogP contribution in [-0.2, 0) is 11.5 Å². The number of halogens is 1. The Kier molecular flexibility index (Phi) is 9.03. The number of benzene rings is 4. The lowest BCUT2D eigenvalue weighted by atomic mass is 10.1. The fraction of sp³-hybridized carbons (Fsp3) is 0.152. The highest BCUT2D eigenvalue weighted by molar-refractivity contribution is 6.55. The van der Waals surface area contributed by atoms with Gasteiger partial charge in [0, 0.05) is 37.7 Å². The molecule has 0 bridgehead atoms. The Morgan fingerprint density at radius 3 is 2.39 bits per heavy atom. The number of hydrogen-bond donors (Lipinski definition) is 2. The molecule has 1 radical (unpaired) electrons. The fourth-order valence-corrected chi connectivity index (χ4v) is 4.87. The van der Waals surface area contributed by atoms with E-state index in [1.165, 1.54) is 6.07 Å². The highest BCUT2D eigenvalue weighted by atomic mass is 28.3. The van der Waals surface area contributed by atoms with Crippen LogP contribution in [0.3, 0.4) is 0 Å². The van der Waals surface area contributed by atoms with Crippen LogP contribution in [0, 0.1) is 5.82 Å². The summed E-state index contributed by atoms with van der Waals surface area (Å²) < 4.78 is 22.4. The van der Waals surface area contributed by atoms with Crippen LogP contribution in [0.2, 0.25) is 19.1 Å². The molecule has 0 atom stereocenters. The maximum absolute atomic E-state index is 14.6. The molecule has 0 spiro atoms. The van der Waals surface area contributed by atoms with Crippen molar-refractivity contribution >= 4 is 54.8 Å². The maximum atomic E-state index is 14.6. The summed E-state index contributed by atoms with van der Waals surface area (Å²) in [5.74, 6) is -0.883. The first-order valence-electron chi connectivity index (χ1n) is 13.5. The van der Waals surface area contributed by atoms with Crippen molar-refractivity contribution in [3.8, 4) is 0 Å². The topological polar surface area (TPSA) is 68.2 Å². The summed E-state index contributed by atoms with van der Waals surface area (Å²) in [6.07, 6.45) is 4.06. The summed E-state index contributed by atoms with van der Waals surface area (Å²) in [5.41, 5.74) is 4.86. The van der Waals surface area contributed by atoms with E-state index >= 15 is 0 Å². The zero-order chi connectivity index (χ0) is 28.6. The third-order valence-corrected chi connectivity index (χ3v) is 7.72. The van der Waals surface area contributed by atoms with Crippen molar-refractivity contribution in [2.75, 3.05) is 17.2 Å². The molecule has 0 aliphatic heterocycles. The molecular formula is C33H32FN4O2Si. The molecule has 207 valence electrons. The van der Waals surface area contributed by atoms with Crippen molar-refractivity contribution < 1.29 is 13.9 Å². The first kappa shape index (κ1) is 28.0. The molecule has 0 aliphatic carbocycles. The third kappa shape index (κ3) is 7.36. The second-order valence-electron chi connectivity index (χ2n) is 9.99. The normalized spacial score (nSPS) is 11.4. The van der Waals surface area contributed by atoms with Gasteiger partial charge < -0.3 is 15.4 Å². The number of carbonyl (C=O) groups is 1. The Morgan fingerprint density at radius 1 is 0.927 bits per heavy atom. The summed E-state index contributed by atoms with van der Waals surface area (Å²) in [4.78, 5) is 12.6. The highest BCUT2D eigenvalue weighted by Crippen LogP contribution is 2.28. The summed E-state index contributed by atoms with van der Waals surface area (Å²) in [6.45, 7) is 5.59. The molecule has 0 aliphatic rings. The summed E-state index contributed by atoms with van der Waals surface area (Å²) in [7, 11) is -0.364. The molecule has 1 heterocycles. The van der Waals surface area contributed by atoms with Crippen LogP contribution >= 0.6 is 0 Å². The molecule has 0 fully saturated rings. The number of ether oxygens (including phenoxy) is 1. The number of hydrogen-bond acceptors (Lipinski definition) is 4. The van der Waals surface area contributed by atoms with Crippen molar-refractivity contribution in [1.29, 1.82) is 0 Å². The molecule has 0 saturated carbocycles. The number of aromatic nitrogens is 2. The van der Waals surface area contributed by atoms with Crippen molar-refractivity contribution in [2.45, 2.75) is 25.9 Å². The van der Waals surface area contributed by atoms with Gasteiger partial charge in [0.1, 0.15) is 12.5 Å². The van der Waals surface area contributed by atoms with Gasteiger partial charge in [-0.1, -0.05) is 67.7 Å². The van der Waals surface area contributed by atoms with Crippen LogP contribution in [0.25, 0.3) is 23.1 Å². The van der Waals surface area contributed by atoms with E-state index in [4.69, 9.17) is 9.84 Å².